The van der Waals surface area contributed by atoms with Crippen LogP contribution in [0.15, 0.2) is 36.4 Å². The second kappa shape index (κ2) is 6.21. The molecule has 0 radical (unpaired) electrons. The molecule has 0 unspecified atom stereocenters. The van der Waals surface area contributed by atoms with Crippen LogP contribution in [0.3, 0.4) is 0 Å². The zero-order valence-corrected chi connectivity index (χ0v) is 11.3. The van der Waals surface area contributed by atoms with Crippen LogP contribution in [0.5, 0.6) is 11.6 Å². The van der Waals surface area contributed by atoms with Gasteiger partial charge in [0.1, 0.15) is 17.5 Å². The van der Waals surface area contributed by atoms with E-state index in [2.05, 4.69) is 4.98 Å². The summed E-state index contributed by atoms with van der Waals surface area (Å²) in [6, 6.07) is 9.80. The summed E-state index contributed by atoms with van der Waals surface area (Å²) in [7, 11) is 1.56. The minimum atomic E-state index is -0.565. The van der Waals surface area contributed by atoms with Crippen molar-refractivity contribution in [2.45, 2.75) is 6.61 Å². The Morgan fingerprint density at radius 2 is 2.15 bits per heavy atom. The van der Waals surface area contributed by atoms with Crippen LogP contribution < -0.4 is 9.47 Å². The lowest BCUT2D eigenvalue weighted by Crippen LogP contribution is -2.01. The van der Waals surface area contributed by atoms with Gasteiger partial charge in [0.2, 0.25) is 0 Å². The summed E-state index contributed by atoms with van der Waals surface area (Å²) in [6.07, 6.45) is 0. The number of hydrogen-bond donors (Lipinski definition) is 0. The largest absolute Gasteiger partial charge is 0.497 e. The van der Waals surface area contributed by atoms with Crippen LogP contribution >= 0.6 is 11.6 Å². The molecule has 0 aliphatic carbocycles. The van der Waals surface area contributed by atoms with Crippen molar-refractivity contribution in [3.8, 4) is 11.6 Å². The number of aromatic nitrogens is 1. The Morgan fingerprint density at radius 1 is 1.35 bits per heavy atom. The van der Waals surface area contributed by atoms with Crippen molar-refractivity contribution in [3.63, 3.8) is 0 Å². The molecule has 2 aromatic rings. The maximum absolute atomic E-state index is 10.9. The van der Waals surface area contributed by atoms with Crippen molar-refractivity contribution in [2.75, 3.05) is 7.11 Å². The van der Waals surface area contributed by atoms with Gasteiger partial charge in [0, 0.05) is 6.07 Å². The average Bonchev–Trinajstić information content (AvgIpc) is 2.45. The lowest BCUT2D eigenvalue weighted by Gasteiger charge is -2.07. The summed E-state index contributed by atoms with van der Waals surface area (Å²) >= 11 is 5.72. The molecule has 104 valence electrons. The fourth-order valence-electron chi connectivity index (χ4n) is 1.57. The Hall–Kier alpha value is -2.34. The van der Waals surface area contributed by atoms with E-state index in [0.717, 1.165) is 5.56 Å². The quantitative estimate of drug-likeness (QED) is 0.481. The SMILES string of the molecule is COc1cccc(COc2nc(Cl)ccc2[N+](=O)[O-])c1. The van der Waals surface area contributed by atoms with Crippen molar-refractivity contribution in [3.05, 3.63) is 57.2 Å². The Balaban J connectivity index is 2.17. The predicted octanol–water partition coefficient (Wildman–Crippen LogP) is 3.23. The molecule has 1 aromatic carbocycles. The van der Waals surface area contributed by atoms with Crippen LogP contribution in [0.25, 0.3) is 0 Å². The highest BCUT2D eigenvalue weighted by Gasteiger charge is 2.17. The number of pyridine rings is 1. The molecule has 0 saturated carbocycles. The second-order valence-corrected chi connectivity index (χ2v) is 4.24. The third-order valence-corrected chi connectivity index (χ3v) is 2.72. The molecule has 20 heavy (non-hydrogen) atoms. The Labute approximate surface area is 120 Å². The standard InChI is InChI=1S/C13H11ClN2O4/c1-19-10-4-2-3-9(7-10)8-20-13-11(16(17)18)5-6-12(14)15-13/h2-7H,8H2,1H3. The molecule has 1 aromatic heterocycles. The van der Waals surface area contributed by atoms with Gasteiger partial charge in [-0.3, -0.25) is 10.1 Å². The smallest absolute Gasteiger partial charge is 0.331 e. The molecule has 7 heteroatoms. The molecular formula is C13H11ClN2O4. The van der Waals surface area contributed by atoms with E-state index in [1.54, 1.807) is 25.3 Å². The molecule has 0 aliphatic rings. The highest BCUT2D eigenvalue weighted by atomic mass is 35.5. The summed E-state index contributed by atoms with van der Waals surface area (Å²) < 4.78 is 10.5. The van der Waals surface area contributed by atoms with Gasteiger partial charge in [-0.25, -0.2) is 0 Å². The van der Waals surface area contributed by atoms with Gasteiger partial charge in [0.25, 0.3) is 5.88 Å². The van der Waals surface area contributed by atoms with E-state index in [4.69, 9.17) is 21.1 Å². The number of nitro groups is 1. The molecule has 0 aliphatic heterocycles. The molecule has 6 nitrogen and oxygen atoms in total. The van der Waals surface area contributed by atoms with Gasteiger partial charge in [-0.15, -0.1) is 0 Å². The van der Waals surface area contributed by atoms with Crippen LogP contribution in [-0.4, -0.2) is 17.0 Å². The molecule has 1 heterocycles. The molecule has 2 rings (SSSR count). The van der Waals surface area contributed by atoms with Gasteiger partial charge in [0.05, 0.1) is 12.0 Å². The summed E-state index contributed by atoms with van der Waals surface area (Å²) in [4.78, 5) is 14.1. The number of methoxy groups -OCH3 is 1. The summed E-state index contributed by atoms with van der Waals surface area (Å²) in [5.41, 5.74) is 0.581. The van der Waals surface area contributed by atoms with Gasteiger partial charge >= 0.3 is 5.69 Å². The van der Waals surface area contributed by atoms with E-state index >= 15 is 0 Å². The van der Waals surface area contributed by atoms with E-state index in [-0.39, 0.29) is 23.3 Å². The molecule has 0 bridgehead atoms. The molecule has 0 fully saturated rings. The Bertz CT molecular complexity index is 634. The summed E-state index contributed by atoms with van der Waals surface area (Å²) in [5, 5.41) is 11.0. The van der Waals surface area contributed by atoms with Crippen molar-refractivity contribution < 1.29 is 14.4 Å². The van der Waals surface area contributed by atoms with Crippen LogP contribution in [0.1, 0.15) is 5.56 Å². The number of ether oxygens (including phenoxy) is 2. The predicted molar refractivity (Wildman–Crippen MR) is 73.2 cm³/mol. The number of benzene rings is 1. The maximum atomic E-state index is 10.9. The maximum Gasteiger partial charge on any atom is 0.331 e. The number of hydrogen-bond acceptors (Lipinski definition) is 5. The van der Waals surface area contributed by atoms with Crippen LogP contribution in [-0.2, 0) is 6.61 Å². The van der Waals surface area contributed by atoms with E-state index in [1.807, 2.05) is 6.07 Å². The van der Waals surface area contributed by atoms with Gasteiger partial charge < -0.3 is 9.47 Å². The number of rotatable bonds is 5. The van der Waals surface area contributed by atoms with Crippen LogP contribution in [0.2, 0.25) is 5.15 Å². The zero-order chi connectivity index (χ0) is 14.5. The average molecular weight is 295 g/mol. The van der Waals surface area contributed by atoms with Gasteiger partial charge in [-0.05, 0) is 23.8 Å². The Kier molecular flexibility index (Phi) is 4.37. The topological polar surface area (TPSA) is 74.5 Å². The third-order valence-electron chi connectivity index (χ3n) is 2.51. The van der Waals surface area contributed by atoms with Crippen LogP contribution in [0, 0.1) is 10.1 Å². The van der Waals surface area contributed by atoms with E-state index in [1.165, 1.54) is 12.1 Å². The molecule has 0 N–H and O–H groups in total. The lowest BCUT2D eigenvalue weighted by atomic mass is 10.2. The first kappa shape index (κ1) is 14.1. The monoisotopic (exact) mass is 294 g/mol. The number of halogens is 1. The normalized spacial score (nSPS) is 10.1. The fraction of sp³-hybridized carbons (Fsp3) is 0.154. The molecule has 0 amide bonds. The summed E-state index contributed by atoms with van der Waals surface area (Å²) in [5.74, 6) is 0.574. The molecule has 0 spiro atoms. The van der Waals surface area contributed by atoms with Gasteiger partial charge in [-0.1, -0.05) is 23.7 Å². The lowest BCUT2D eigenvalue weighted by molar-refractivity contribution is -0.386. The zero-order valence-electron chi connectivity index (χ0n) is 10.6. The van der Waals surface area contributed by atoms with E-state index in [0.29, 0.717) is 5.75 Å². The third kappa shape index (κ3) is 3.36. The minimum absolute atomic E-state index is 0.106. The van der Waals surface area contributed by atoms with Crippen molar-refractivity contribution in [1.29, 1.82) is 0 Å². The van der Waals surface area contributed by atoms with Gasteiger partial charge in [-0.2, -0.15) is 4.98 Å². The first-order valence-corrected chi connectivity index (χ1v) is 6.04. The van der Waals surface area contributed by atoms with Crippen molar-refractivity contribution in [2.24, 2.45) is 0 Å². The molecule has 0 atom stereocenters. The first-order valence-electron chi connectivity index (χ1n) is 5.67. The highest BCUT2D eigenvalue weighted by molar-refractivity contribution is 6.29. The summed E-state index contributed by atoms with van der Waals surface area (Å²) in [6.45, 7) is 0.130. The minimum Gasteiger partial charge on any atom is -0.497 e. The van der Waals surface area contributed by atoms with Crippen LogP contribution in [0.4, 0.5) is 5.69 Å². The molecular weight excluding hydrogens is 284 g/mol. The first-order chi connectivity index (χ1) is 9.60. The van der Waals surface area contributed by atoms with E-state index < -0.39 is 4.92 Å². The van der Waals surface area contributed by atoms with Crippen molar-refractivity contribution in [1.82, 2.24) is 4.98 Å². The fourth-order valence-corrected chi connectivity index (χ4v) is 1.71. The number of nitrogens with zero attached hydrogens (tertiary/aromatic N) is 2. The second-order valence-electron chi connectivity index (χ2n) is 3.86. The highest BCUT2D eigenvalue weighted by Crippen LogP contribution is 2.27. The molecule has 0 saturated heterocycles. The Morgan fingerprint density at radius 3 is 2.85 bits per heavy atom. The van der Waals surface area contributed by atoms with Gasteiger partial charge in [0.15, 0.2) is 0 Å². The van der Waals surface area contributed by atoms with E-state index in [9.17, 15) is 10.1 Å². The van der Waals surface area contributed by atoms with Crippen molar-refractivity contribution >= 4 is 17.3 Å².